The highest BCUT2D eigenvalue weighted by Crippen LogP contribution is 2.19. The number of sulfone groups is 1. The van der Waals surface area contributed by atoms with Crippen LogP contribution in [0.4, 0.5) is 5.69 Å². The van der Waals surface area contributed by atoms with Gasteiger partial charge in [0.25, 0.3) is 0 Å². The van der Waals surface area contributed by atoms with E-state index in [0.717, 1.165) is 5.56 Å². The fourth-order valence-electron chi connectivity index (χ4n) is 2.14. The molecule has 1 amide bonds. The largest absolute Gasteiger partial charge is 0.329 e. The predicted molar refractivity (Wildman–Crippen MR) is 94.0 cm³/mol. The molecule has 2 heterocycles. The van der Waals surface area contributed by atoms with E-state index in [1.165, 1.54) is 12.3 Å². The smallest absolute Gasteiger partial charge is 0.240 e. The van der Waals surface area contributed by atoms with E-state index in [0.29, 0.717) is 16.4 Å². The summed E-state index contributed by atoms with van der Waals surface area (Å²) in [5.41, 5.74) is 1.69. The van der Waals surface area contributed by atoms with Crippen LogP contribution in [0.15, 0.2) is 60.1 Å². The molecule has 1 aromatic carbocycles. The zero-order valence-corrected chi connectivity index (χ0v) is 14.4. The Labute approximate surface area is 149 Å². The SMILES string of the molecule is O=C(CS(=O)(=O)c1ncc(-c2ccncc2)[nH]1)Nc1cccc(Cl)c1. The molecular weight excluding hydrogens is 364 g/mol. The highest BCUT2D eigenvalue weighted by molar-refractivity contribution is 7.92. The minimum atomic E-state index is -3.90. The second kappa shape index (κ2) is 7.04. The molecule has 0 saturated heterocycles. The molecule has 0 aliphatic carbocycles. The zero-order valence-electron chi connectivity index (χ0n) is 12.8. The summed E-state index contributed by atoms with van der Waals surface area (Å²) in [5, 5.41) is 2.67. The summed E-state index contributed by atoms with van der Waals surface area (Å²) in [4.78, 5) is 22.5. The molecular formula is C16H13ClN4O3S. The molecule has 0 aliphatic rings. The summed E-state index contributed by atoms with van der Waals surface area (Å²) in [6, 6.07) is 9.88. The van der Waals surface area contributed by atoms with E-state index in [-0.39, 0.29) is 5.16 Å². The van der Waals surface area contributed by atoms with Gasteiger partial charge in [0.2, 0.25) is 20.9 Å². The number of hydrogen-bond acceptors (Lipinski definition) is 5. The second-order valence-electron chi connectivity index (χ2n) is 5.16. The quantitative estimate of drug-likeness (QED) is 0.711. The highest BCUT2D eigenvalue weighted by atomic mass is 35.5. The number of benzene rings is 1. The van der Waals surface area contributed by atoms with E-state index in [1.807, 2.05) is 0 Å². The Balaban J connectivity index is 1.74. The van der Waals surface area contributed by atoms with E-state index in [2.05, 4.69) is 20.3 Å². The van der Waals surface area contributed by atoms with E-state index < -0.39 is 21.5 Å². The third-order valence-corrected chi connectivity index (χ3v) is 4.94. The van der Waals surface area contributed by atoms with Gasteiger partial charge in [-0.1, -0.05) is 17.7 Å². The van der Waals surface area contributed by atoms with E-state index in [1.54, 1.807) is 42.7 Å². The third-order valence-electron chi connectivity index (χ3n) is 3.27. The molecule has 0 unspecified atom stereocenters. The first-order valence-electron chi connectivity index (χ1n) is 7.18. The van der Waals surface area contributed by atoms with E-state index >= 15 is 0 Å². The fourth-order valence-corrected chi connectivity index (χ4v) is 3.37. The molecule has 0 bridgehead atoms. The summed E-state index contributed by atoms with van der Waals surface area (Å²) >= 11 is 5.83. The molecule has 3 aromatic rings. The number of imidazole rings is 1. The molecule has 0 radical (unpaired) electrons. The molecule has 3 rings (SSSR count). The van der Waals surface area contributed by atoms with Gasteiger partial charge in [-0.3, -0.25) is 9.78 Å². The molecule has 0 atom stereocenters. The lowest BCUT2D eigenvalue weighted by atomic mass is 10.2. The first-order valence-corrected chi connectivity index (χ1v) is 9.21. The number of nitrogens with one attached hydrogen (secondary N) is 2. The lowest BCUT2D eigenvalue weighted by Crippen LogP contribution is -2.23. The van der Waals surface area contributed by atoms with Crippen molar-refractivity contribution in [2.24, 2.45) is 0 Å². The van der Waals surface area contributed by atoms with Gasteiger partial charge < -0.3 is 10.3 Å². The Morgan fingerprint density at radius 2 is 1.96 bits per heavy atom. The number of H-pyrrole nitrogens is 1. The number of pyridine rings is 1. The van der Waals surface area contributed by atoms with Crippen molar-refractivity contribution in [2.75, 3.05) is 11.1 Å². The van der Waals surface area contributed by atoms with Crippen molar-refractivity contribution >= 4 is 33.0 Å². The Hall–Kier alpha value is -2.71. The number of aromatic amines is 1. The lowest BCUT2D eigenvalue weighted by Gasteiger charge is -2.05. The van der Waals surface area contributed by atoms with Gasteiger partial charge in [-0.05, 0) is 30.3 Å². The van der Waals surface area contributed by atoms with Crippen molar-refractivity contribution in [1.29, 1.82) is 0 Å². The molecule has 0 saturated carbocycles. The van der Waals surface area contributed by atoms with Crippen molar-refractivity contribution in [3.8, 4) is 11.3 Å². The van der Waals surface area contributed by atoms with Crippen molar-refractivity contribution in [3.05, 3.63) is 60.0 Å². The maximum Gasteiger partial charge on any atom is 0.240 e. The number of rotatable bonds is 5. The minimum Gasteiger partial charge on any atom is -0.329 e. The number of hydrogen-bond donors (Lipinski definition) is 2. The summed E-state index contributed by atoms with van der Waals surface area (Å²) in [6.45, 7) is 0. The third kappa shape index (κ3) is 4.23. The van der Waals surface area contributed by atoms with Crippen molar-refractivity contribution in [1.82, 2.24) is 15.0 Å². The second-order valence-corrected chi connectivity index (χ2v) is 7.50. The summed E-state index contributed by atoms with van der Waals surface area (Å²) in [7, 11) is -3.90. The lowest BCUT2D eigenvalue weighted by molar-refractivity contribution is -0.113. The Bertz CT molecular complexity index is 1000. The number of nitrogens with zero attached hydrogens (tertiary/aromatic N) is 2. The van der Waals surface area contributed by atoms with Crippen LogP contribution in [0.25, 0.3) is 11.3 Å². The number of aromatic nitrogens is 3. The van der Waals surface area contributed by atoms with E-state index in [4.69, 9.17) is 11.6 Å². The number of carbonyl (C=O) groups is 1. The van der Waals surface area contributed by atoms with Crippen molar-refractivity contribution in [3.63, 3.8) is 0 Å². The molecule has 2 N–H and O–H groups in total. The van der Waals surface area contributed by atoms with Crippen molar-refractivity contribution < 1.29 is 13.2 Å². The van der Waals surface area contributed by atoms with Crippen LogP contribution < -0.4 is 5.32 Å². The topological polar surface area (TPSA) is 105 Å². The van der Waals surface area contributed by atoms with Gasteiger partial charge in [0.05, 0.1) is 11.9 Å². The molecule has 2 aromatic heterocycles. The summed E-state index contributed by atoms with van der Waals surface area (Å²) in [6.07, 6.45) is 4.57. The van der Waals surface area contributed by atoms with Gasteiger partial charge in [0.15, 0.2) is 0 Å². The maximum absolute atomic E-state index is 12.4. The molecule has 128 valence electrons. The minimum absolute atomic E-state index is 0.263. The van der Waals surface area contributed by atoms with Gasteiger partial charge in [0.1, 0.15) is 5.75 Å². The molecule has 0 aliphatic heterocycles. The monoisotopic (exact) mass is 376 g/mol. The molecule has 9 heteroatoms. The summed E-state index contributed by atoms with van der Waals surface area (Å²) in [5.74, 6) is -1.41. The first-order chi connectivity index (χ1) is 11.9. The van der Waals surface area contributed by atoms with Gasteiger partial charge in [-0.15, -0.1) is 0 Å². The normalized spacial score (nSPS) is 11.2. The zero-order chi connectivity index (χ0) is 17.9. The average molecular weight is 377 g/mol. The molecule has 7 nitrogen and oxygen atoms in total. The van der Waals surface area contributed by atoms with Crippen LogP contribution in [-0.2, 0) is 14.6 Å². The molecule has 0 spiro atoms. The predicted octanol–water partition coefficient (Wildman–Crippen LogP) is 2.54. The van der Waals surface area contributed by atoms with Crippen LogP contribution in [0.5, 0.6) is 0 Å². The molecule has 25 heavy (non-hydrogen) atoms. The van der Waals surface area contributed by atoms with E-state index in [9.17, 15) is 13.2 Å². The standard InChI is InChI=1S/C16H13ClN4O3S/c17-12-2-1-3-13(8-12)20-15(22)10-25(23,24)16-19-9-14(21-16)11-4-6-18-7-5-11/h1-9H,10H2,(H,19,21)(H,20,22). The van der Waals surface area contributed by atoms with Crippen molar-refractivity contribution in [2.45, 2.75) is 5.16 Å². The number of anilines is 1. The number of amides is 1. The van der Waals surface area contributed by atoms with Gasteiger partial charge >= 0.3 is 0 Å². The first kappa shape index (κ1) is 17.1. The fraction of sp³-hybridized carbons (Fsp3) is 0.0625. The van der Waals surface area contributed by atoms with Gasteiger partial charge in [-0.25, -0.2) is 13.4 Å². The maximum atomic E-state index is 12.4. The van der Waals surface area contributed by atoms with Gasteiger partial charge in [-0.2, -0.15) is 0 Å². The Kier molecular flexibility index (Phi) is 4.82. The van der Waals surface area contributed by atoms with Crippen LogP contribution in [0.1, 0.15) is 0 Å². The number of halogens is 1. The van der Waals surface area contributed by atoms with Crippen LogP contribution in [0.3, 0.4) is 0 Å². The van der Waals surface area contributed by atoms with Crippen LogP contribution in [0, 0.1) is 0 Å². The highest BCUT2D eigenvalue weighted by Gasteiger charge is 2.23. The Morgan fingerprint density at radius 1 is 1.20 bits per heavy atom. The Morgan fingerprint density at radius 3 is 2.68 bits per heavy atom. The van der Waals surface area contributed by atoms with Crippen LogP contribution in [0.2, 0.25) is 5.02 Å². The van der Waals surface area contributed by atoms with Crippen LogP contribution >= 0.6 is 11.6 Å². The number of carbonyl (C=O) groups excluding carboxylic acids is 1. The molecule has 0 fully saturated rings. The van der Waals surface area contributed by atoms with Gasteiger partial charge in [0, 0.05) is 28.7 Å². The summed E-state index contributed by atoms with van der Waals surface area (Å²) < 4.78 is 24.7. The van der Waals surface area contributed by atoms with Crippen LogP contribution in [-0.4, -0.2) is 35.0 Å². The average Bonchev–Trinajstić information content (AvgIpc) is 3.06.